The molecule has 0 saturated carbocycles. The van der Waals surface area contributed by atoms with Gasteiger partial charge in [0.15, 0.2) is 0 Å². The molecular formula is C15H12Cl2N4O3. The smallest absolute Gasteiger partial charge is 0.285 e. The number of rotatable bonds is 5. The van der Waals surface area contributed by atoms with Crippen molar-refractivity contribution in [1.29, 1.82) is 0 Å². The Morgan fingerprint density at radius 3 is 2.71 bits per heavy atom. The second kappa shape index (κ2) is 7.12. The molecule has 1 aromatic carbocycles. The summed E-state index contributed by atoms with van der Waals surface area (Å²) in [4.78, 5) is 15.9. The minimum atomic E-state index is -0.937. The van der Waals surface area contributed by atoms with Crippen LogP contribution in [0.3, 0.4) is 0 Å². The molecule has 0 radical (unpaired) electrons. The summed E-state index contributed by atoms with van der Waals surface area (Å²) >= 11 is 11.6. The molecule has 1 N–H and O–H groups in total. The van der Waals surface area contributed by atoms with E-state index in [1.165, 1.54) is 12.3 Å². The zero-order chi connectivity index (χ0) is 17.1. The minimum absolute atomic E-state index is 0.0277. The molecule has 24 heavy (non-hydrogen) atoms. The van der Waals surface area contributed by atoms with Gasteiger partial charge in [0, 0.05) is 17.6 Å². The van der Waals surface area contributed by atoms with Gasteiger partial charge >= 0.3 is 0 Å². The predicted octanol–water partition coefficient (Wildman–Crippen LogP) is 2.26. The Morgan fingerprint density at radius 2 is 1.96 bits per heavy atom. The van der Waals surface area contributed by atoms with Crippen LogP contribution in [-0.4, -0.2) is 25.0 Å². The van der Waals surface area contributed by atoms with Crippen LogP contribution in [0.1, 0.15) is 23.4 Å². The van der Waals surface area contributed by atoms with Crippen LogP contribution in [0.2, 0.25) is 10.0 Å². The van der Waals surface area contributed by atoms with Crippen molar-refractivity contribution in [2.24, 2.45) is 0 Å². The third-order valence-corrected chi connectivity index (χ3v) is 3.81. The van der Waals surface area contributed by atoms with Gasteiger partial charge in [-0.05, 0) is 23.8 Å². The fourth-order valence-corrected chi connectivity index (χ4v) is 2.35. The number of aliphatic hydroxyl groups is 1. The van der Waals surface area contributed by atoms with Gasteiger partial charge in [-0.1, -0.05) is 40.5 Å². The zero-order valence-corrected chi connectivity index (χ0v) is 13.8. The summed E-state index contributed by atoms with van der Waals surface area (Å²) in [5, 5.41) is 18.5. The van der Waals surface area contributed by atoms with E-state index in [1.54, 1.807) is 12.1 Å². The molecule has 0 unspecified atom stereocenters. The summed E-state index contributed by atoms with van der Waals surface area (Å²) in [6.45, 7) is -0.0277. The van der Waals surface area contributed by atoms with Gasteiger partial charge in [-0.15, -0.1) is 0 Å². The first-order valence-corrected chi connectivity index (χ1v) is 7.75. The summed E-state index contributed by atoms with van der Waals surface area (Å²) in [6.07, 6.45) is 0.773. The largest absolute Gasteiger partial charge is 0.385 e. The Hall–Kier alpha value is -2.22. The lowest BCUT2D eigenvalue weighted by Crippen LogP contribution is -2.23. The van der Waals surface area contributed by atoms with E-state index in [1.807, 2.05) is 12.1 Å². The van der Waals surface area contributed by atoms with E-state index in [0.717, 1.165) is 10.2 Å². The molecule has 9 heteroatoms. The van der Waals surface area contributed by atoms with E-state index >= 15 is 0 Å². The maximum Gasteiger partial charge on any atom is 0.285 e. The number of halogens is 2. The summed E-state index contributed by atoms with van der Waals surface area (Å²) in [7, 11) is 0. The van der Waals surface area contributed by atoms with Crippen LogP contribution >= 0.6 is 23.2 Å². The van der Waals surface area contributed by atoms with E-state index < -0.39 is 11.7 Å². The lowest BCUT2D eigenvalue weighted by Gasteiger charge is -2.05. The van der Waals surface area contributed by atoms with Crippen LogP contribution < -0.4 is 5.56 Å². The summed E-state index contributed by atoms with van der Waals surface area (Å²) < 4.78 is 6.16. The van der Waals surface area contributed by atoms with Crippen molar-refractivity contribution in [2.75, 3.05) is 0 Å². The standard InChI is InChI=1S/C15H12Cl2N4O3/c16-10-3-1-9(2-4-10)7-12(22)14-19-13(24-20-14)8-21-15(23)11(17)5-6-18-21/h1-6,12,22H,7-8H2/t12-/m1/s1. The van der Waals surface area contributed by atoms with Gasteiger partial charge in [0.05, 0.1) is 0 Å². The van der Waals surface area contributed by atoms with Gasteiger partial charge in [0.2, 0.25) is 11.7 Å². The van der Waals surface area contributed by atoms with Crippen molar-refractivity contribution >= 4 is 23.2 Å². The molecule has 124 valence electrons. The van der Waals surface area contributed by atoms with E-state index in [4.69, 9.17) is 27.7 Å². The van der Waals surface area contributed by atoms with Gasteiger partial charge in [-0.25, -0.2) is 4.68 Å². The van der Waals surface area contributed by atoms with Crippen molar-refractivity contribution in [3.63, 3.8) is 0 Å². The molecule has 0 amide bonds. The van der Waals surface area contributed by atoms with Crippen molar-refractivity contribution in [2.45, 2.75) is 19.1 Å². The molecule has 0 bridgehead atoms. The van der Waals surface area contributed by atoms with Crippen LogP contribution in [-0.2, 0) is 13.0 Å². The highest BCUT2D eigenvalue weighted by Crippen LogP contribution is 2.17. The number of benzene rings is 1. The molecule has 2 aromatic heterocycles. The van der Waals surface area contributed by atoms with Gasteiger partial charge in [0.25, 0.3) is 5.56 Å². The number of aliphatic hydroxyl groups excluding tert-OH is 1. The molecule has 0 spiro atoms. The van der Waals surface area contributed by atoms with Crippen LogP contribution in [0.25, 0.3) is 0 Å². The molecule has 0 aliphatic heterocycles. The van der Waals surface area contributed by atoms with E-state index in [9.17, 15) is 9.90 Å². The zero-order valence-electron chi connectivity index (χ0n) is 12.3. The van der Waals surface area contributed by atoms with Gasteiger partial charge in [-0.2, -0.15) is 10.1 Å². The number of nitrogens with zero attached hydrogens (tertiary/aromatic N) is 4. The average molecular weight is 367 g/mol. The Labute approximate surface area is 146 Å². The van der Waals surface area contributed by atoms with Crippen molar-refractivity contribution < 1.29 is 9.63 Å². The van der Waals surface area contributed by atoms with E-state index in [-0.39, 0.29) is 23.3 Å². The molecular weight excluding hydrogens is 355 g/mol. The van der Waals surface area contributed by atoms with Crippen LogP contribution in [0.5, 0.6) is 0 Å². The first kappa shape index (κ1) is 16.6. The Balaban J connectivity index is 1.71. The molecule has 0 fully saturated rings. The Bertz CT molecular complexity index is 892. The maximum absolute atomic E-state index is 11.8. The lowest BCUT2D eigenvalue weighted by atomic mass is 10.1. The summed E-state index contributed by atoms with van der Waals surface area (Å²) in [5.41, 5.74) is 0.423. The number of hydrogen-bond donors (Lipinski definition) is 1. The minimum Gasteiger partial charge on any atom is -0.385 e. The lowest BCUT2D eigenvalue weighted by molar-refractivity contribution is 0.164. The fraction of sp³-hybridized carbons (Fsp3) is 0.200. The second-order valence-corrected chi connectivity index (χ2v) is 5.88. The number of aromatic nitrogens is 4. The van der Waals surface area contributed by atoms with Gasteiger partial charge < -0.3 is 9.63 Å². The average Bonchev–Trinajstić information content (AvgIpc) is 3.03. The van der Waals surface area contributed by atoms with Crippen molar-refractivity contribution in [3.05, 3.63) is 74.2 Å². The second-order valence-electron chi connectivity index (χ2n) is 5.03. The topological polar surface area (TPSA) is 94.0 Å². The predicted molar refractivity (Wildman–Crippen MR) is 87.0 cm³/mol. The highest BCUT2D eigenvalue weighted by molar-refractivity contribution is 6.30. The molecule has 0 aliphatic rings. The van der Waals surface area contributed by atoms with Gasteiger partial charge in [0.1, 0.15) is 17.7 Å². The molecule has 3 rings (SSSR count). The quantitative estimate of drug-likeness (QED) is 0.744. The van der Waals surface area contributed by atoms with Crippen LogP contribution in [0, 0.1) is 0 Å². The Kier molecular flexibility index (Phi) is 4.94. The van der Waals surface area contributed by atoms with Crippen molar-refractivity contribution in [3.8, 4) is 0 Å². The Morgan fingerprint density at radius 1 is 1.21 bits per heavy atom. The highest BCUT2D eigenvalue weighted by atomic mass is 35.5. The third-order valence-electron chi connectivity index (χ3n) is 3.27. The summed E-state index contributed by atoms with van der Waals surface area (Å²) in [6, 6.07) is 8.49. The molecule has 1 atom stereocenters. The third kappa shape index (κ3) is 3.81. The fourth-order valence-electron chi connectivity index (χ4n) is 2.07. The van der Waals surface area contributed by atoms with Crippen LogP contribution in [0.15, 0.2) is 45.8 Å². The summed E-state index contributed by atoms with van der Waals surface area (Å²) in [5.74, 6) is 0.284. The monoisotopic (exact) mass is 366 g/mol. The molecule has 7 nitrogen and oxygen atoms in total. The molecule has 0 aliphatic carbocycles. The first-order valence-electron chi connectivity index (χ1n) is 6.99. The van der Waals surface area contributed by atoms with E-state index in [2.05, 4.69) is 15.2 Å². The van der Waals surface area contributed by atoms with Gasteiger partial charge in [-0.3, -0.25) is 4.79 Å². The molecule has 2 heterocycles. The van der Waals surface area contributed by atoms with E-state index in [0.29, 0.717) is 11.4 Å². The number of hydrogen-bond acceptors (Lipinski definition) is 6. The normalized spacial score (nSPS) is 12.3. The molecule has 0 saturated heterocycles. The van der Waals surface area contributed by atoms with Crippen molar-refractivity contribution in [1.82, 2.24) is 19.9 Å². The SMILES string of the molecule is O=c1c(Cl)ccnn1Cc1nc([C@H](O)Cc2ccc(Cl)cc2)no1. The molecule has 3 aromatic rings. The maximum atomic E-state index is 11.8. The highest BCUT2D eigenvalue weighted by Gasteiger charge is 2.17. The first-order chi connectivity index (χ1) is 11.5. The van der Waals surface area contributed by atoms with Crippen LogP contribution in [0.4, 0.5) is 0 Å².